The van der Waals surface area contributed by atoms with Crippen LogP contribution in [0.25, 0.3) is 0 Å². The van der Waals surface area contributed by atoms with Crippen LogP contribution in [0.1, 0.15) is 42.8 Å². The molecule has 2 amide bonds. The summed E-state index contributed by atoms with van der Waals surface area (Å²) in [6, 6.07) is 11.9. The predicted octanol–water partition coefficient (Wildman–Crippen LogP) is 3.28. The third kappa shape index (κ3) is 3.13. The van der Waals surface area contributed by atoms with Crippen LogP contribution in [0.15, 0.2) is 40.9 Å². The Morgan fingerprint density at radius 2 is 2.23 bits per heavy atom. The molecular weight excluding hydrogens is 278 g/mol. The summed E-state index contributed by atoms with van der Waals surface area (Å²) < 4.78 is 5.41. The molecule has 1 aliphatic rings. The minimum Gasteiger partial charge on any atom is -0.359 e. The van der Waals surface area contributed by atoms with Crippen LogP contribution in [0.4, 0.5) is 4.79 Å². The van der Waals surface area contributed by atoms with Crippen LogP contribution in [0.5, 0.6) is 0 Å². The molecule has 1 unspecified atom stereocenters. The number of rotatable bonds is 4. The van der Waals surface area contributed by atoms with Crippen LogP contribution in [0.3, 0.4) is 0 Å². The molecule has 1 fully saturated rings. The van der Waals surface area contributed by atoms with Gasteiger partial charge < -0.3 is 14.7 Å². The lowest BCUT2D eigenvalue weighted by molar-refractivity contribution is 0.182. The Bertz CT molecular complexity index is 624. The smallest absolute Gasteiger partial charge is 0.318 e. The summed E-state index contributed by atoms with van der Waals surface area (Å²) in [5.74, 6) is 0.796. The second-order valence-corrected chi connectivity index (χ2v) is 5.57. The first-order chi connectivity index (χ1) is 10.8. The molecule has 0 aliphatic carbocycles. The van der Waals surface area contributed by atoms with Crippen molar-refractivity contribution in [3.8, 4) is 0 Å². The molecule has 3 rings (SSSR count). The highest BCUT2D eigenvalue weighted by molar-refractivity contribution is 5.75. The maximum Gasteiger partial charge on any atom is 0.318 e. The fourth-order valence-corrected chi connectivity index (χ4v) is 2.83. The molecule has 2 heterocycles. The highest BCUT2D eigenvalue weighted by Gasteiger charge is 2.32. The molecule has 1 aliphatic heterocycles. The van der Waals surface area contributed by atoms with E-state index >= 15 is 0 Å². The van der Waals surface area contributed by atoms with Crippen LogP contribution in [0, 0.1) is 0 Å². The zero-order chi connectivity index (χ0) is 15.4. The van der Waals surface area contributed by atoms with Gasteiger partial charge in [-0.3, -0.25) is 0 Å². The summed E-state index contributed by atoms with van der Waals surface area (Å²) in [5.41, 5.74) is 2.03. The molecular formula is C17H21N3O2. The van der Waals surface area contributed by atoms with E-state index in [1.165, 1.54) is 0 Å². The molecule has 1 atom stereocenters. The monoisotopic (exact) mass is 299 g/mol. The molecule has 22 heavy (non-hydrogen) atoms. The number of hydrogen-bond acceptors (Lipinski definition) is 3. The molecule has 1 saturated heterocycles. The summed E-state index contributed by atoms with van der Waals surface area (Å²) in [5, 5.41) is 7.02. The molecule has 1 N–H and O–H groups in total. The second kappa shape index (κ2) is 6.64. The number of nitrogens with zero attached hydrogens (tertiary/aromatic N) is 2. The van der Waals surface area contributed by atoms with Crippen molar-refractivity contribution < 1.29 is 9.32 Å². The molecule has 2 aromatic rings. The van der Waals surface area contributed by atoms with E-state index < -0.39 is 0 Å². The number of urea groups is 1. The van der Waals surface area contributed by atoms with Crippen molar-refractivity contribution in [3.63, 3.8) is 0 Å². The Hall–Kier alpha value is -2.30. The number of hydrogen-bond donors (Lipinski definition) is 1. The van der Waals surface area contributed by atoms with Gasteiger partial charge in [0.2, 0.25) is 0 Å². The van der Waals surface area contributed by atoms with Crippen LogP contribution in [-0.4, -0.2) is 22.6 Å². The summed E-state index contributed by atoms with van der Waals surface area (Å²) in [6.07, 6.45) is 2.76. The molecule has 5 heteroatoms. The first kappa shape index (κ1) is 14.6. The molecule has 0 spiro atoms. The number of nitrogens with one attached hydrogen (secondary N) is 1. The zero-order valence-electron chi connectivity index (χ0n) is 12.8. The van der Waals surface area contributed by atoms with Gasteiger partial charge in [-0.25, -0.2) is 4.79 Å². The summed E-state index contributed by atoms with van der Waals surface area (Å²) >= 11 is 0. The minimum atomic E-state index is -0.0409. The van der Waals surface area contributed by atoms with E-state index in [1.54, 1.807) is 0 Å². The summed E-state index contributed by atoms with van der Waals surface area (Å²) in [7, 11) is 0. The molecule has 0 bridgehead atoms. The number of aromatic nitrogens is 1. The van der Waals surface area contributed by atoms with Gasteiger partial charge in [-0.15, -0.1) is 0 Å². The zero-order valence-corrected chi connectivity index (χ0v) is 12.8. The van der Waals surface area contributed by atoms with Gasteiger partial charge in [-0.2, -0.15) is 0 Å². The van der Waals surface area contributed by atoms with E-state index in [4.69, 9.17) is 4.52 Å². The molecule has 1 aromatic heterocycles. The molecule has 1 aromatic carbocycles. The van der Waals surface area contributed by atoms with E-state index in [0.717, 1.165) is 42.8 Å². The number of carbonyl (C=O) groups excluding carboxylic acids is 1. The molecule has 5 nitrogen and oxygen atoms in total. The van der Waals surface area contributed by atoms with E-state index in [1.807, 2.05) is 48.2 Å². The highest BCUT2D eigenvalue weighted by Crippen LogP contribution is 2.32. The van der Waals surface area contributed by atoms with Gasteiger partial charge in [0.25, 0.3) is 0 Å². The Morgan fingerprint density at radius 3 is 2.95 bits per heavy atom. The Balaban J connectivity index is 1.63. The first-order valence-corrected chi connectivity index (χ1v) is 7.82. The Kier molecular flexibility index (Phi) is 4.42. The van der Waals surface area contributed by atoms with Gasteiger partial charge in [-0.1, -0.05) is 42.4 Å². The summed E-state index contributed by atoms with van der Waals surface area (Å²) in [4.78, 5) is 14.3. The normalized spacial score (nSPS) is 17.7. The molecule has 0 saturated carbocycles. The molecule has 116 valence electrons. The minimum absolute atomic E-state index is 0.00331. The Labute approximate surface area is 130 Å². The second-order valence-electron chi connectivity index (χ2n) is 5.57. The van der Waals surface area contributed by atoms with Gasteiger partial charge in [-0.05, 0) is 24.8 Å². The standard InChI is InChI=1S/C17H21N3O2/c1-2-14-11-16(22-19-14)15-9-6-10-20(15)17(21)18-12-13-7-4-3-5-8-13/h3-5,7-8,11,15H,2,6,9-10,12H2,1H3,(H,18,21). The van der Waals surface area contributed by atoms with Crippen molar-refractivity contribution in [1.82, 2.24) is 15.4 Å². The SMILES string of the molecule is CCc1cc(C2CCCN2C(=O)NCc2ccccc2)on1. The highest BCUT2D eigenvalue weighted by atomic mass is 16.5. The van der Waals surface area contributed by atoms with E-state index in [0.29, 0.717) is 6.54 Å². The molecule has 0 radical (unpaired) electrons. The van der Waals surface area contributed by atoms with Gasteiger partial charge >= 0.3 is 6.03 Å². The van der Waals surface area contributed by atoms with E-state index in [9.17, 15) is 4.79 Å². The van der Waals surface area contributed by atoms with Crippen molar-refractivity contribution in [2.45, 2.75) is 38.8 Å². The lowest BCUT2D eigenvalue weighted by Gasteiger charge is -2.23. The van der Waals surface area contributed by atoms with Crippen molar-refractivity contribution in [1.29, 1.82) is 0 Å². The lowest BCUT2D eigenvalue weighted by atomic mass is 10.1. The number of carbonyl (C=O) groups is 1. The maximum absolute atomic E-state index is 12.4. The average molecular weight is 299 g/mol. The quantitative estimate of drug-likeness (QED) is 0.942. The first-order valence-electron chi connectivity index (χ1n) is 7.82. The predicted molar refractivity (Wildman–Crippen MR) is 83.2 cm³/mol. The Morgan fingerprint density at radius 1 is 1.41 bits per heavy atom. The van der Waals surface area contributed by atoms with Gasteiger partial charge in [0.05, 0.1) is 11.7 Å². The summed E-state index contributed by atoms with van der Waals surface area (Å²) in [6.45, 7) is 3.34. The number of amides is 2. The van der Waals surface area contributed by atoms with Gasteiger partial charge in [0.15, 0.2) is 5.76 Å². The van der Waals surface area contributed by atoms with Crippen molar-refractivity contribution in [2.75, 3.05) is 6.54 Å². The van der Waals surface area contributed by atoms with Crippen molar-refractivity contribution >= 4 is 6.03 Å². The van der Waals surface area contributed by atoms with E-state index in [-0.39, 0.29) is 12.1 Å². The fourth-order valence-electron chi connectivity index (χ4n) is 2.83. The van der Waals surface area contributed by atoms with Crippen molar-refractivity contribution in [3.05, 3.63) is 53.4 Å². The topological polar surface area (TPSA) is 58.4 Å². The number of benzene rings is 1. The van der Waals surface area contributed by atoms with Gasteiger partial charge in [0, 0.05) is 19.2 Å². The third-order valence-electron chi connectivity index (χ3n) is 4.07. The number of aryl methyl sites for hydroxylation is 1. The fraction of sp³-hybridized carbons (Fsp3) is 0.412. The third-order valence-corrected chi connectivity index (χ3v) is 4.07. The van der Waals surface area contributed by atoms with Gasteiger partial charge in [0.1, 0.15) is 0 Å². The number of likely N-dealkylation sites (tertiary alicyclic amines) is 1. The van der Waals surface area contributed by atoms with Crippen LogP contribution >= 0.6 is 0 Å². The van der Waals surface area contributed by atoms with Crippen molar-refractivity contribution in [2.24, 2.45) is 0 Å². The average Bonchev–Trinajstić information content (AvgIpc) is 3.21. The maximum atomic E-state index is 12.4. The lowest BCUT2D eigenvalue weighted by Crippen LogP contribution is -2.39. The van der Waals surface area contributed by atoms with Crippen LogP contribution < -0.4 is 5.32 Å². The largest absolute Gasteiger partial charge is 0.359 e. The van der Waals surface area contributed by atoms with Crippen LogP contribution in [0.2, 0.25) is 0 Å². The van der Waals surface area contributed by atoms with E-state index in [2.05, 4.69) is 10.5 Å². The van der Waals surface area contributed by atoms with Crippen LogP contribution in [-0.2, 0) is 13.0 Å².